The highest BCUT2D eigenvalue weighted by Gasteiger charge is 2.48. The number of benzene rings is 1. The van der Waals surface area contributed by atoms with Crippen LogP contribution < -0.4 is 0 Å². The number of carboxylic acid groups (broad SMARTS) is 1. The van der Waals surface area contributed by atoms with Gasteiger partial charge in [0.15, 0.2) is 0 Å². The molecule has 1 aromatic carbocycles. The fraction of sp³-hybridized carbons (Fsp3) is 0.565. The highest BCUT2D eigenvalue weighted by atomic mass is 19.1. The largest absolute Gasteiger partial charge is 0.481 e. The van der Waals surface area contributed by atoms with Crippen LogP contribution in [0, 0.1) is 29.5 Å². The molecule has 152 valence electrons. The summed E-state index contributed by atoms with van der Waals surface area (Å²) in [5.41, 5.74) is 1.98. The van der Waals surface area contributed by atoms with Crippen LogP contribution in [-0.2, 0) is 16.2 Å². The molecule has 0 heterocycles. The Morgan fingerprint density at radius 3 is 2.75 bits per heavy atom. The van der Waals surface area contributed by atoms with Gasteiger partial charge in [0.1, 0.15) is 12.4 Å². The topological polar surface area (TPSA) is 58.9 Å². The first-order valence-electron chi connectivity index (χ1n) is 10.3. The normalized spacial score (nSPS) is 26.9. The molecule has 5 heteroatoms. The van der Waals surface area contributed by atoms with E-state index in [1.54, 1.807) is 12.1 Å². The molecule has 28 heavy (non-hydrogen) atoms. The van der Waals surface area contributed by atoms with Gasteiger partial charge in [0, 0.05) is 12.3 Å². The van der Waals surface area contributed by atoms with Crippen LogP contribution in [0.15, 0.2) is 41.6 Å². The second-order valence-electron chi connectivity index (χ2n) is 8.15. The zero-order valence-corrected chi connectivity index (χ0v) is 16.5. The van der Waals surface area contributed by atoms with Crippen LogP contribution in [-0.4, -0.2) is 16.8 Å². The summed E-state index contributed by atoms with van der Waals surface area (Å²) in [5, 5.41) is 13.1. The number of carbonyl (C=O) groups is 1. The molecule has 0 aliphatic heterocycles. The minimum absolute atomic E-state index is 0.234. The van der Waals surface area contributed by atoms with Crippen LogP contribution in [0.25, 0.3) is 0 Å². The lowest BCUT2D eigenvalue weighted by Crippen LogP contribution is -2.28. The van der Waals surface area contributed by atoms with E-state index >= 15 is 0 Å². The van der Waals surface area contributed by atoms with Crippen molar-refractivity contribution in [2.45, 2.75) is 58.5 Å². The molecule has 4 nitrogen and oxygen atoms in total. The maximum Gasteiger partial charge on any atom is 0.303 e. The Kier molecular flexibility index (Phi) is 7.24. The first kappa shape index (κ1) is 20.6. The molecule has 0 spiro atoms. The van der Waals surface area contributed by atoms with Crippen molar-refractivity contribution in [3.8, 4) is 0 Å². The van der Waals surface area contributed by atoms with Crippen molar-refractivity contribution < 1.29 is 19.1 Å². The number of unbranched alkanes of at least 4 members (excludes halogenated alkanes) is 1. The summed E-state index contributed by atoms with van der Waals surface area (Å²) in [7, 11) is 0. The summed E-state index contributed by atoms with van der Waals surface area (Å²) in [5.74, 6) is 1.57. The molecule has 2 aliphatic carbocycles. The van der Waals surface area contributed by atoms with E-state index in [1.807, 2.05) is 0 Å². The van der Waals surface area contributed by atoms with E-state index in [0.29, 0.717) is 30.8 Å². The number of aliphatic carboxylic acids is 1. The second kappa shape index (κ2) is 9.85. The van der Waals surface area contributed by atoms with E-state index in [-0.39, 0.29) is 12.2 Å². The summed E-state index contributed by atoms with van der Waals surface area (Å²) >= 11 is 0. The van der Waals surface area contributed by atoms with Crippen molar-refractivity contribution in [3.63, 3.8) is 0 Å². The standard InChI is InChI=1S/C23H30FNO3/c1-16(25-28-15-17-8-12-20(24)13-9-17)23-19-11-10-18(14-19)21(23)6-4-2-3-5-7-22(26)27/h2,4,8-9,12-13,18-19,21,23H,3,5-7,10-11,14-15H2,1H3,(H,26,27)/b4-2-,25-16?. The third-order valence-corrected chi connectivity index (χ3v) is 6.26. The summed E-state index contributed by atoms with van der Waals surface area (Å²) in [6.07, 6.45) is 11.0. The Hall–Kier alpha value is -2.17. The number of nitrogens with zero attached hydrogens (tertiary/aromatic N) is 1. The van der Waals surface area contributed by atoms with Gasteiger partial charge in [-0.3, -0.25) is 4.79 Å². The van der Waals surface area contributed by atoms with Crippen LogP contribution >= 0.6 is 0 Å². The lowest BCUT2D eigenvalue weighted by atomic mass is 9.75. The average molecular weight is 387 g/mol. The molecule has 4 atom stereocenters. The zero-order valence-electron chi connectivity index (χ0n) is 16.5. The lowest BCUT2D eigenvalue weighted by molar-refractivity contribution is -0.137. The van der Waals surface area contributed by atoms with E-state index in [2.05, 4.69) is 24.2 Å². The van der Waals surface area contributed by atoms with Gasteiger partial charge >= 0.3 is 5.97 Å². The van der Waals surface area contributed by atoms with Crippen LogP contribution in [0.4, 0.5) is 4.39 Å². The fourth-order valence-electron chi connectivity index (χ4n) is 4.99. The van der Waals surface area contributed by atoms with Gasteiger partial charge in [0.05, 0.1) is 5.71 Å². The molecule has 2 fully saturated rings. The van der Waals surface area contributed by atoms with Gasteiger partial charge < -0.3 is 9.94 Å². The molecule has 2 saturated carbocycles. The molecule has 1 N–H and O–H groups in total. The van der Waals surface area contributed by atoms with Gasteiger partial charge in [-0.1, -0.05) is 29.4 Å². The number of rotatable bonds is 10. The van der Waals surface area contributed by atoms with Gasteiger partial charge in [-0.15, -0.1) is 0 Å². The van der Waals surface area contributed by atoms with E-state index in [9.17, 15) is 9.18 Å². The Labute approximate surface area is 166 Å². The smallest absolute Gasteiger partial charge is 0.303 e. The van der Waals surface area contributed by atoms with Crippen molar-refractivity contribution in [1.29, 1.82) is 0 Å². The number of carboxylic acids is 1. The fourth-order valence-corrected chi connectivity index (χ4v) is 4.99. The predicted octanol–water partition coefficient (Wildman–Crippen LogP) is 5.58. The van der Waals surface area contributed by atoms with Crippen molar-refractivity contribution >= 4 is 11.7 Å². The molecule has 0 amide bonds. The number of hydrogen-bond acceptors (Lipinski definition) is 3. The van der Waals surface area contributed by atoms with Crippen LogP contribution in [0.2, 0.25) is 0 Å². The zero-order chi connectivity index (χ0) is 19.9. The van der Waals surface area contributed by atoms with Crippen molar-refractivity contribution in [2.75, 3.05) is 0 Å². The first-order chi connectivity index (χ1) is 13.5. The number of allylic oxidation sites excluding steroid dienone is 2. The lowest BCUT2D eigenvalue weighted by Gasteiger charge is -2.30. The molecular weight excluding hydrogens is 357 g/mol. The Balaban J connectivity index is 1.51. The number of halogens is 1. The van der Waals surface area contributed by atoms with Gasteiger partial charge in [0.2, 0.25) is 0 Å². The van der Waals surface area contributed by atoms with E-state index in [1.165, 1.54) is 31.4 Å². The maximum atomic E-state index is 13.0. The summed E-state index contributed by atoms with van der Waals surface area (Å²) in [6.45, 7) is 2.42. The number of oxime groups is 1. The van der Waals surface area contributed by atoms with E-state index in [0.717, 1.165) is 30.0 Å². The van der Waals surface area contributed by atoms with Crippen LogP contribution in [0.5, 0.6) is 0 Å². The van der Waals surface area contributed by atoms with Gasteiger partial charge in [-0.2, -0.15) is 0 Å². The van der Waals surface area contributed by atoms with Crippen molar-refractivity contribution in [3.05, 3.63) is 47.8 Å². The molecule has 0 saturated heterocycles. The van der Waals surface area contributed by atoms with Gasteiger partial charge in [-0.05, 0) is 80.9 Å². The summed E-state index contributed by atoms with van der Waals surface area (Å²) < 4.78 is 13.0. The summed E-state index contributed by atoms with van der Waals surface area (Å²) in [4.78, 5) is 16.1. The Bertz CT molecular complexity index is 713. The predicted molar refractivity (Wildman–Crippen MR) is 107 cm³/mol. The van der Waals surface area contributed by atoms with Crippen molar-refractivity contribution in [2.24, 2.45) is 28.8 Å². The average Bonchev–Trinajstić information content (AvgIpc) is 3.27. The number of hydrogen-bond donors (Lipinski definition) is 1. The summed E-state index contributed by atoms with van der Waals surface area (Å²) in [6, 6.07) is 6.30. The highest BCUT2D eigenvalue weighted by Crippen LogP contribution is 2.54. The second-order valence-corrected chi connectivity index (χ2v) is 8.15. The molecule has 4 unspecified atom stereocenters. The minimum Gasteiger partial charge on any atom is -0.481 e. The Morgan fingerprint density at radius 1 is 1.25 bits per heavy atom. The molecule has 3 rings (SSSR count). The molecule has 0 aromatic heterocycles. The molecule has 0 radical (unpaired) electrons. The quantitative estimate of drug-likeness (QED) is 0.247. The Morgan fingerprint density at radius 2 is 2.00 bits per heavy atom. The highest BCUT2D eigenvalue weighted by molar-refractivity contribution is 5.85. The monoisotopic (exact) mass is 387 g/mol. The first-order valence-corrected chi connectivity index (χ1v) is 10.3. The van der Waals surface area contributed by atoms with Gasteiger partial charge in [0.25, 0.3) is 0 Å². The van der Waals surface area contributed by atoms with E-state index in [4.69, 9.17) is 9.94 Å². The van der Waals surface area contributed by atoms with E-state index < -0.39 is 5.97 Å². The van der Waals surface area contributed by atoms with Crippen molar-refractivity contribution in [1.82, 2.24) is 0 Å². The maximum absolute atomic E-state index is 13.0. The molecule has 2 aliphatic rings. The number of fused-ring (bicyclic) bond motifs is 2. The van der Waals surface area contributed by atoms with Gasteiger partial charge in [-0.25, -0.2) is 4.39 Å². The SMILES string of the molecule is CC(=NOCc1ccc(F)cc1)C1C2CCC(C2)C1C/C=C\CCCC(=O)O. The third-order valence-electron chi connectivity index (χ3n) is 6.26. The molecular formula is C23H30FNO3. The van der Waals surface area contributed by atoms with Crippen LogP contribution in [0.3, 0.4) is 0 Å². The molecule has 2 bridgehead atoms. The third kappa shape index (κ3) is 5.43. The van der Waals surface area contributed by atoms with Crippen LogP contribution in [0.1, 0.15) is 57.4 Å². The molecule has 1 aromatic rings. The minimum atomic E-state index is -0.728.